The second kappa shape index (κ2) is 10.1. The van der Waals surface area contributed by atoms with E-state index in [2.05, 4.69) is 63.3 Å². The normalized spacial score (nSPS) is 24.9. The Kier molecular flexibility index (Phi) is 6.32. The molecule has 220 valence electrons. The fourth-order valence-corrected chi connectivity index (χ4v) is 8.68. The molecule has 1 unspecified atom stereocenters. The third-order valence-electron chi connectivity index (χ3n) is 10.8. The highest BCUT2D eigenvalue weighted by Gasteiger charge is 2.47. The molecule has 0 bridgehead atoms. The first-order valence-electron chi connectivity index (χ1n) is 16.1. The van der Waals surface area contributed by atoms with Gasteiger partial charge in [-0.25, -0.2) is 0 Å². The van der Waals surface area contributed by atoms with E-state index in [4.69, 9.17) is 14.7 Å². The van der Waals surface area contributed by atoms with Crippen LogP contribution in [-0.2, 0) is 24.2 Å². The monoisotopic (exact) mass is 566 g/mol. The number of fused-ring (bicyclic) bond motifs is 3. The maximum absolute atomic E-state index is 11.9. The molecule has 0 saturated carbocycles. The summed E-state index contributed by atoms with van der Waals surface area (Å²) in [5, 5.41) is 5.88. The maximum atomic E-state index is 11.9. The third-order valence-corrected chi connectivity index (χ3v) is 10.8. The van der Waals surface area contributed by atoms with E-state index in [9.17, 15) is 4.79 Å². The van der Waals surface area contributed by atoms with Crippen molar-refractivity contribution in [1.82, 2.24) is 20.2 Å². The van der Waals surface area contributed by atoms with Crippen molar-refractivity contribution in [2.75, 3.05) is 49.1 Å². The number of nitrogens with one attached hydrogen (secondary N) is 1. The van der Waals surface area contributed by atoms with E-state index < -0.39 is 0 Å². The summed E-state index contributed by atoms with van der Waals surface area (Å²) in [5.74, 6) is 1.19. The van der Waals surface area contributed by atoms with Crippen molar-refractivity contribution in [2.24, 2.45) is 0 Å². The molecular formula is C34H42N6O2. The molecule has 8 heteroatoms. The number of nitrogens with zero attached hydrogens (tertiary/aromatic N) is 5. The van der Waals surface area contributed by atoms with Crippen LogP contribution < -0.4 is 19.9 Å². The zero-order valence-electron chi connectivity index (χ0n) is 24.8. The van der Waals surface area contributed by atoms with Crippen molar-refractivity contribution in [3.63, 3.8) is 0 Å². The highest BCUT2D eigenvalue weighted by molar-refractivity contribution is 5.97. The minimum Gasteiger partial charge on any atom is -0.461 e. The number of ether oxygens (including phenoxy) is 1. The molecule has 6 heterocycles. The third kappa shape index (κ3) is 4.32. The average Bonchev–Trinajstić information content (AvgIpc) is 3.59. The molecule has 1 spiro atoms. The molecule has 3 aromatic rings. The van der Waals surface area contributed by atoms with E-state index in [0.717, 1.165) is 63.4 Å². The van der Waals surface area contributed by atoms with Gasteiger partial charge in [0.05, 0.1) is 29.7 Å². The number of anilines is 2. The van der Waals surface area contributed by atoms with Crippen LogP contribution in [0.5, 0.6) is 6.01 Å². The zero-order valence-corrected chi connectivity index (χ0v) is 24.8. The van der Waals surface area contributed by atoms with Gasteiger partial charge in [0.25, 0.3) is 0 Å². The molecule has 2 aromatic carbocycles. The van der Waals surface area contributed by atoms with Crippen LogP contribution in [0.15, 0.2) is 36.4 Å². The van der Waals surface area contributed by atoms with Gasteiger partial charge in [0.15, 0.2) is 0 Å². The molecule has 5 aliphatic rings. The maximum Gasteiger partial charge on any atom is 0.318 e. The number of aryl methyl sites for hydroxylation is 1. The summed E-state index contributed by atoms with van der Waals surface area (Å²) in [6.07, 6.45) is 9.52. The molecule has 4 saturated heterocycles. The minimum atomic E-state index is -0.110. The number of carbonyl (C=O) groups excluding carboxylic acids is 1. The van der Waals surface area contributed by atoms with Gasteiger partial charge in [0.1, 0.15) is 12.4 Å². The van der Waals surface area contributed by atoms with Crippen LogP contribution in [0.4, 0.5) is 11.5 Å². The summed E-state index contributed by atoms with van der Waals surface area (Å²) in [6, 6.07) is 13.9. The molecule has 42 heavy (non-hydrogen) atoms. The van der Waals surface area contributed by atoms with E-state index in [-0.39, 0.29) is 17.0 Å². The molecule has 8 rings (SSSR count). The van der Waals surface area contributed by atoms with Crippen LogP contribution in [-0.4, -0.2) is 71.2 Å². The number of piperidine rings is 1. The molecule has 0 aliphatic carbocycles. The number of benzene rings is 2. The fourth-order valence-electron chi connectivity index (χ4n) is 8.68. The van der Waals surface area contributed by atoms with E-state index in [1.807, 2.05) is 0 Å². The zero-order chi connectivity index (χ0) is 28.3. The first-order valence-corrected chi connectivity index (χ1v) is 16.1. The minimum absolute atomic E-state index is 0.110. The van der Waals surface area contributed by atoms with Gasteiger partial charge in [0.2, 0.25) is 5.91 Å². The summed E-state index contributed by atoms with van der Waals surface area (Å²) in [6.45, 7) is 8.70. The van der Waals surface area contributed by atoms with E-state index in [1.165, 1.54) is 66.4 Å². The van der Waals surface area contributed by atoms with Crippen LogP contribution in [0.25, 0.3) is 10.8 Å². The van der Waals surface area contributed by atoms with Gasteiger partial charge in [-0.2, -0.15) is 9.97 Å². The highest BCUT2D eigenvalue weighted by Crippen LogP contribution is 2.41. The number of hydrogen-bond donors (Lipinski definition) is 1. The van der Waals surface area contributed by atoms with Gasteiger partial charge in [0, 0.05) is 36.3 Å². The Labute approximate surface area is 248 Å². The van der Waals surface area contributed by atoms with Crippen molar-refractivity contribution in [2.45, 2.75) is 82.3 Å². The Bertz CT molecular complexity index is 1510. The summed E-state index contributed by atoms with van der Waals surface area (Å²) >= 11 is 0. The topological polar surface area (TPSA) is 73.8 Å². The van der Waals surface area contributed by atoms with Crippen LogP contribution in [0.3, 0.4) is 0 Å². The molecule has 1 aromatic heterocycles. The Morgan fingerprint density at radius 3 is 2.52 bits per heavy atom. The Hall–Kier alpha value is -3.39. The lowest BCUT2D eigenvalue weighted by molar-refractivity contribution is -0.133. The largest absolute Gasteiger partial charge is 0.461 e. The van der Waals surface area contributed by atoms with E-state index in [0.29, 0.717) is 19.0 Å². The summed E-state index contributed by atoms with van der Waals surface area (Å²) in [5.41, 5.74) is 5.05. The van der Waals surface area contributed by atoms with Crippen molar-refractivity contribution in [1.29, 1.82) is 0 Å². The smallest absolute Gasteiger partial charge is 0.318 e. The number of β-lactam (4-membered cyclic amide) rings is 1. The molecule has 4 fully saturated rings. The van der Waals surface area contributed by atoms with Crippen molar-refractivity contribution in [3.05, 3.63) is 53.2 Å². The van der Waals surface area contributed by atoms with Crippen LogP contribution in [0, 0.1) is 0 Å². The number of aromatic nitrogens is 2. The van der Waals surface area contributed by atoms with Crippen LogP contribution in [0.2, 0.25) is 0 Å². The summed E-state index contributed by atoms with van der Waals surface area (Å²) in [7, 11) is 0. The van der Waals surface area contributed by atoms with Gasteiger partial charge in [-0.1, -0.05) is 37.3 Å². The Morgan fingerprint density at radius 1 is 0.952 bits per heavy atom. The lowest BCUT2D eigenvalue weighted by Crippen LogP contribution is -2.68. The number of hydrogen-bond acceptors (Lipinski definition) is 7. The van der Waals surface area contributed by atoms with Crippen LogP contribution >= 0.6 is 0 Å². The van der Waals surface area contributed by atoms with Crippen molar-refractivity contribution < 1.29 is 9.53 Å². The Morgan fingerprint density at radius 2 is 1.74 bits per heavy atom. The predicted octanol–water partition coefficient (Wildman–Crippen LogP) is 4.62. The summed E-state index contributed by atoms with van der Waals surface area (Å²) < 4.78 is 6.57. The van der Waals surface area contributed by atoms with Crippen molar-refractivity contribution in [3.8, 4) is 6.01 Å². The molecule has 1 atom stereocenters. The highest BCUT2D eigenvalue weighted by atomic mass is 16.5. The molecular weight excluding hydrogens is 524 g/mol. The standard InChI is InChI=1S/C34H42N6O2/c1-2-24-8-3-9-25-10-4-11-28(30(24)25)38-19-12-26-27(21-38)35-32(42-23-34-14-6-17-40(34)18-7-15-34)36-31(26)39-16-5-13-33(22-39)20-29(41)37-33/h3-4,8-11H,2,5-7,12-23H2,1H3,(H,37,41). The van der Waals surface area contributed by atoms with Gasteiger partial charge in [-0.15, -0.1) is 0 Å². The SMILES string of the molecule is CCc1cccc2cccc(N3CCc4c(nc(OCC56CCCN5CCC6)nc4N4CCCC5(CC(=O)N5)C4)C3)c12. The first-order chi connectivity index (χ1) is 20.5. The lowest BCUT2D eigenvalue weighted by atomic mass is 9.79. The number of amides is 1. The second-order valence-corrected chi connectivity index (χ2v) is 13.3. The molecule has 1 N–H and O–H groups in total. The average molecular weight is 567 g/mol. The van der Waals surface area contributed by atoms with E-state index in [1.54, 1.807) is 0 Å². The number of rotatable bonds is 6. The van der Waals surface area contributed by atoms with Gasteiger partial charge >= 0.3 is 6.01 Å². The molecule has 0 radical (unpaired) electrons. The quantitative estimate of drug-likeness (QED) is 0.437. The van der Waals surface area contributed by atoms with E-state index >= 15 is 0 Å². The Balaban J connectivity index is 1.15. The van der Waals surface area contributed by atoms with Gasteiger partial charge in [-0.05, 0) is 81.5 Å². The molecule has 5 aliphatic heterocycles. The van der Waals surface area contributed by atoms with Gasteiger partial charge in [-0.3, -0.25) is 9.69 Å². The van der Waals surface area contributed by atoms with Crippen molar-refractivity contribution >= 4 is 28.2 Å². The molecule has 8 nitrogen and oxygen atoms in total. The number of carbonyl (C=O) groups is 1. The molecule has 1 amide bonds. The van der Waals surface area contributed by atoms with Gasteiger partial charge < -0.3 is 19.9 Å². The first kappa shape index (κ1) is 26.3. The van der Waals surface area contributed by atoms with Crippen LogP contribution in [0.1, 0.15) is 68.7 Å². The fraction of sp³-hybridized carbons (Fsp3) is 0.559. The predicted molar refractivity (Wildman–Crippen MR) is 165 cm³/mol. The lowest BCUT2D eigenvalue weighted by Gasteiger charge is -2.49. The second-order valence-electron chi connectivity index (χ2n) is 13.3. The summed E-state index contributed by atoms with van der Waals surface area (Å²) in [4.78, 5) is 29.7.